The van der Waals surface area contributed by atoms with Gasteiger partial charge in [-0.25, -0.2) is 13.8 Å². The van der Waals surface area contributed by atoms with Crippen molar-refractivity contribution in [1.82, 2.24) is 14.5 Å². The van der Waals surface area contributed by atoms with Crippen molar-refractivity contribution in [3.8, 4) is 11.4 Å². The van der Waals surface area contributed by atoms with Crippen molar-refractivity contribution in [2.45, 2.75) is 19.9 Å². The summed E-state index contributed by atoms with van der Waals surface area (Å²) in [5.74, 6) is 0.505. The van der Waals surface area contributed by atoms with Crippen molar-refractivity contribution in [3.63, 3.8) is 0 Å². The second kappa shape index (κ2) is 8.81. The molecule has 0 aliphatic carbocycles. The minimum absolute atomic E-state index is 0.000165. The molecule has 176 valence electrons. The van der Waals surface area contributed by atoms with Crippen molar-refractivity contribution >= 4 is 11.9 Å². The number of rotatable bonds is 4. The van der Waals surface area contributed by atoms with Crippen LogP contribution >= 0.6 is 0 Å². The van der Waals surface area contributed by atoms with E-state index in [1.54, 1.807) is 13.4 Å². The van der Waals surface area contributed by atoms with Crippen LogP contribution in [0.25, 0.3) is 11.8 Å². The number of fused-ring (bicyclic) bond motifs is 1. The van der Waals surface area contributed by atoms with Crippen LogP contribution in [-0.4, -0.2) is 47.2 Å². The summed E-state index contributed by atoms with van der Waals surface area (Å²) in [6.45, 7) is 4.45. The van der Waals surface area contributed by atoms with Crippen molar-refractivity contribution in [2.24, 2.45) is 5.16 Å². The first-order valence-electron chi connectivity index (χ1n) is 10.9. The first-order valence-corrected chi connectivity index (χ1v) is 10.9. The first-order chi connectivity index (χ1) is 16.4. The fraction of sp³-hybridized carbons (Fsp3) is 0.280. The molecule has 1 atom stereocenters. The predicted octanol–water partition coefficient (Wildman–Crippen LogP) is 4.53. The molecule has 9 heteroatoms. The number of imidazole rings is 1. The monoisotopic (exact) mass is 466 g/mol. The van der Waals surface area contributed by atoms with E-state index in [1.165, 1.54) is 19.1 Å². The second-order valence-electron chi connectivity index (χ2n) is 8.24. The quantitative estimate of drug-likeness (QED) is 0.565. The molecular weight excluding hydrogens is 442 g/mol. The SMILES string of the molecule is COc1cc(/C=C2\OCCN3C2=NOCC3c2cc(F)c(C)c(F)c2)ccc1-n1cnc(C)c1. The molecule has 1 fully saturated rings. The normalized spacial score (nSPS) is 18.7. The fourth-order valence-corrected chi connectivity index (χ4v) is 4.17. The summed E-state index contributed by atoms with van der Waals surface area (Å²) in [5.41, 5.74) is 3.10. The molecule has 0 saturated carbocycles. The molecule has 1 aromatic heterocycles. The zero-order valence-corrected chi connectivity index (χ0v) is 19.1. The van der Waals surface area contributed by atoms with Crippen LogP contribution in [0.1, 0.15) is 28.4 Å². The molecule has 0 amide bonds. The summed E-state index contributed by atoms with van der Waals surface area (Å²) in [4.78, 5) is 11.7. The van der Waals surface area contributed by atoms with Crippen LogP contribution in [0.15, 0.2) is 53.8 Å². The van der Waals surface area contributed by atoms with Crippen LogP contribution in [0.3, 0.4) is 0 Å². The highest BCUT2D eigenvalue weighted by Gasteiger charge is 2.35. The van der Waals surface area contributed by atoms with E-state index in [9.17, 15) is 8.78 Å². The van der Waals surface area contributed by atoms with Gasteiger partial charge < -0.3 is 23.8 Å². The van der Waals surface area contributed by atoms with E-state index in [4.69, 9.17) is 14.3 Å². The van der Waals surface area contributed by atoms with E-state index >= 15 is 0 Å². The third-order valence-corrected chi connectivity index (χ3v) is 6.02. The number of oxime groups is 1. The van der Waals surface area contributed by atoms with Gasteiger partial charge in [-0.05, 0) is 55.3 Å². The lowest BCUT2D eigenvalue weighted by Crippen LogP contribution is -2.46. The first kappa shape index (κ1) is 21.9. The Kier molecular flexibility index (Phi) is 5.69. The number of halogens is 2. The van der Waals surface area contributed by atoms with Crippen molar-refractivity contribution < 1.29 is 23.1 Å². The third kappa shape index (κ3) is 3.98. The molecule has 2 aliphatic heterocycles. The van der Waals surface area contributed by atoms with Crippen LogP contribution in [0.4, 0.5) is 8.78 Å². The molecule has 1 unspecified atom stereocenters. The van der Waals surface area contributed by atoms with Gasteiger partial charge in [0.25, 0.3) is 0 Å². The van der Waals surface area contributed by atoms with E-state index in [1.807, 2.05) is 46.9 Å². The molecule has 2 aliphatic rings. The van der Waals surface area contributed by atoms with Gasteiger partial charge in [0.15, 0.2) is 5.76 Å². The van der Waals surface area contributed by atoms with Gasteiger partial charge >= 0.3 is 0 Å². The highest BCUT2D eigenvalue weighted by Crippen LogP contribution is 2.33. The van der Waals surface area contributed by atoms with Gasteiger partial charge in [0, 0.05) is 11.8 Å². The van der Waals surface area contributed by atoms with Gasteiger partial charge in [-0.15, -0.1) is 0 Å². The molecule has 34 heavy (non-hydrogen) atoms. The number of nitrogens with zero attached hydrogens (tertiary/aromatic N) is 4. The smallest absolute Gasteiger partial charge is 0.211 e. The van der Waals surface area contributed by atoms with Gasteiger partial charge in [-0.3, -0.25) is 0 Å². The van der Waals surface area contributed by atoms with Crippen molar-refractivity contribution in [3.05, 3.63) is 82.6 Å². The lowest BCUT2D eigenvalue weighted by Gasteiger charge is -2.39. The Balaban J connectivity index is 1.46. The molecule has 0 radical (unpaired) electrons. The van der Waals surface area contributed by atoms with Crippen LogP contribution in [-0.2, 0) is 9.57 Å². The summed E-state index contributed by atoms with van der Waals surface area (Å²) < 4.78 is 41.8. The van der Waals surface area contributed by atoms with Crippen LogP contribution < -0.4 is 4.74 Å². The highest BCUT2D eigenvalue weighted by atomic mass is 19.1. The molecule has 5 rings (SSSR count). The molecule has 0 bridgehead atoms. The largest absolute Gasteiger partial charge is 0.495 e. The molecular formula is C25H24F2N4O3. The standard InChI is InChI=1S/C25H24F2N4O3/c1-15-12-30(14-28-15)21-5-4-17(8-23(21)32-3)9-24-25-29-34-13-22(31(25)6-7-33-24)18-10-19(26)16(2)20(27)11-18/h4-5,8-12,14,22H,6-7,13H2,1-3H3/b24-9-. The minimum Gasteiger partial charge on any atom is -0.495 e. The van der Waals surface area contributed by atoms with E-state index in [0.717, 1.165) is 16.9 Å². The Hall–Kier alpha value is -3.88. The number of hydrogen-bond donors (Lipinski definition) is 0. The van der Waals surface area contributed by atoms with Gasteiger partial charge in [-0.2, -0.15) is 0 Å². The number of aromatic nitrogens is 2. The van der Waals surface area contributed by atoms with Crippen molar-refractivity contribution in [1.29, 1.82) is 0 Å². The summed E-state index contributed by atoms with van der Waals surface area (Å²) in [5, 5.41) is 4.20. The summed E-state index contributed by atoms with van der Waals surface area (Å²) in [6, 6.07) is 8.10. The number of morpholine rings is 1. The maximum atomic E-state index is 14.2. The number of benzene rings is 2. The fourth-order valence-electron chi connectivity index (χ4n) is 4.17. The van der Waals surface area contributed by atoms with Gasteiger partial charge in [-0.1, -0.05) is 11.2 Å². The predicted molar refractivity (Wildman–Crippen MR) is 123 cm³/mol. The summed E-state index contributed by atoms with van der Waals surface area (Å²) in [6.07, 6.45) is 5.50. The van der Waals surface area contributed by atoms with Crippen LogP contribution in [0.5, 0.6) is 5.75 Å². The van der Waals surface area contributed by atoms with E-state index in [2.05, 4.69) is 10.1 Å². The topological polar surface area (TPSA) is 61.1 Å². The molecule has 3 heterocycles. The average Bonchev–Trinajstić information content (AvgIpc) is 3.28. The maximum absolute atomic E-state index is 14.2. The van der Waals surface area contributed by atoms with E-state index in [0.29, 0.717) is 36.1 Å². The molecule has 7 nitrogen and oxygen atoms in total. The summed E-state index contributed by atoms with van der Waals surface area (Å²) in [7, 11) is 1.61. The Bertz CT molecular complexity index is 1280. The molecule has 0 spiro atoms. The second-order valence-corrected chi connectivity index (χ2v) is 8.24. The maximum Gasteiger partial charge on any atom is 0.211 e. The average molecular weight is 466 g/mol. The Labute approximate surface area is 195 Å². The lowest BCUT2D eigenvalue weighted by molar-refractivity contribution is 0.0347. The zero-order valence-electron chi connectivity index (χ0n) is 19.1. The van der Waals surface area contributed by atoms with Crippen molar-refractivity contribution in [2.75, 3.05) is 26.9 Å². The minimum atomic E-state index is -0.580. The van der Waals surface area contributed by atoms with Crippen LogP contribution in [0, 0.1) is 25.5 Å². The number of amidine groups is 1. The van der Waals surface area contributed by atoms with Gasteiger partial charge in [0.1, 0.15) is 30.6 Å². The summed E-state index contributed by atoms with van der Waals surface area (Å²) >= 11 is 0. The Morgan fingerprint density at radius 3 is 2.65 bits per heavy atom. The number of aryl methyl sites for hydroxylation is 1. The molecule has 2 aromatic carbocycles. The Morgan fingerprint density at radius 2 is 1.94 bits per heavy atom. The lowest BCUT2D eigenvalue weighted by atomic mass is 10.0. The molecule has 0 N–H and O–H groups in total. The molecule has 1 saturated heterocycles. The van der Waals surface area contributed by atoms with E-state index < -0.39 is 11.6 Å². The van der Waals surface area contributed by atoms with Crippen LogP contribution in [0.2, 0.25) is 0 Å². The molecule has 3 aromatic rings. The number of ether oxygens (including phenoxy) is 2. The van der Waals surface area contributed by atoms with Gasteiger partial charge in [0.2, 0.25) is 5.84 Å². The Morgan fingerprint density at radius 1 is 1.15 bits per heavy atom. The number of methoxy groups -OCH3 is 1. The highest BCUT2D eigenvalue weighted by molar-refractivity contribution is 6.01. The van der Waals surface area contributed by atoms with Gasteiger partial charge in [0.05, 0.1) is 37.4 Å². The zero-order chi connectivity index (χ0) is 23.8. The number of hydrogen-bond acceptors (Lipinski definition) is 6. The third-order valence-electron chi connectivity index (χ3n) is 6.02. The van der Waals surface area contributed by atoms with E-state index in [-0.39, 0.29) is 18.2 Å².